The molecule has 0 radical (unpaired) electrons. The minimum atomic E-state index is -0.119. The molecule has 1 saturated heterocycles. The predicted molar refractivity (Wildman–Crippen MR) is 117 cm³/mol. The maximum absolute atomic E-state index is 12.7. The molecule has 0 unspecified atom stereocenters. The molecule has 2 amide bonds. The molecule has 30 heavy (non-hydrogen) atoms. The van der Waals surface area contributed by atoms with E-state index in [0.29, 0.717) is 36.1 Å². The number of fused-ring (bicyclic) bond motifs is 1. The van der Waals surface area contributed by atoms with Crippen LogP contribution >= 0.6 is 11.3 Å². The molecule has 1 aliphatic rings. The van der Waals surface area contributed by atoms with Crippen molar-refractivity contribution in [3.63, 3.8) is 0 Å². The summed E-state index contributed by atoms with van der Waals surface area (Å²) in [4.78, 5) is 43.7. The van der Waals surface area contributed by atoms with Gasteiger partial charge in [-0.3, -0.25) is 19.0 Å². The molecular formula is C22H24N4O3S. The summed E-state index contributed by atoms with van der Waals surface area (Å²) >= 11 is 1.50. The number of hydrogen-bond acceptors (Lipinski definition) is 5. The molecule has 7 nitrogen and oxygen atoms in total. The molecular weight excluding hydrogens is 400 g/mol. The average Bonchev–Trinajstić information content (AvgIpc) is 3.29. The Morgan fingerprint density at radius 2 is 2.03 bits per heavy atom. The molecule has 2 aromatic heterocycles. The van der Waals surface area contributed by atoms with Gasteiger partial charge in [-0.15, -0.1) is 0 Å². The number of nitrogens with zero attached hydrogens (tertiary/aromatic N) is 3. The average molecular weight is 425 g/mol. The number of para-hydroxylation sites is 1. The monoisotopic (exact) mass is 424 g/mol. The Morgan fingerprint density at radius 1 is 1.23 bits per heavy atom. The zero-order chi connectivity index (χ0) is 21.1. The molecule has 3 heterocycles. The number of benzene rings is 1. The van der Waals surface area contributed by atoms with E-state index in [9.17, 15) is 14.4 Å². The number of aryl methyl sites for hydroxylation is 2. The van der Waals surface area contributed by atoms with Gasteiger partial charge in [0.05, 0.1) is 17.2 Å². The maximum Gasteiger partial charge on any atom is 0.261 e. The van der Waals surface area contributed by atoms with Gasteiger partial charge in [-0.1, -0.05) is 12.1 Å². The predicted octanol–water partition coefficient (Wildman–Crippen LogP) is 2.58. The summed E-state index contributed by atoms with van der Waals surface area (Å²) < 4.78 is 1.51. The summed E-state index contributed by atoms with van der Waals surface area (Å²) in [6, 6.07) is 7.43. The fraction of sp³-hybridized carbons (Fsp3) is 0.364. The fourth-order valence-electron chi connectivity index (χ4n) is 3.81. The Bertz CT molecular complexity index is 1120. The summed E-state index contributed by atoms with van der Waals surface area (Å²) in [5.74, 6) is -0.0340. The van der Waals surface area contributed by atoms with Gasteiger partial charge in [-0.05, 0) is 42.8 Å². The molecule has 8 heteroatoms. The maximum atomic E-state index is 12.7. The number of likely N-dealkylation sites (tertiary alicyclic amines) is 1. The van der Waals surface area contributed by atoms with Crippen molar-refractivity contribution in [3.8, 4) is 0 Å². The minimum absolute atomic E-state index is 0.0221. The van der Waals surface area contributed by atoms with Crippen molar-refractivity contribution in [3.05, 3.63) is 62.8 Å². The van der Waals surface area contributed by atoms with Crippen LogP contribution in [0.5, 0.6) is 0 Å². The van der Waals surface area contributed by atoms with E-state index in [4.69, 9.17) is 0 Å². The van der Waals surface area contributed by atoms with Gasteiger partial charge in [0.1, 0.15) is 0 Å². The van der Waals surface area contributed by atoms with E-state index in [2.05, 4.69) is 10.3 Å². The number of piperidine rings is 1. The van der Waals surface area contributed by atoms with E-state index in [1.54, 1.807) is 6.07 Å². The lowest BCUT2D eigenvalue weighted by Gasteiger charge is -2.32. The number of thiophene rings is 1. The highest BCUT2D eigenvalue weighted by molar-refractivity contribution is 7.08. The van der Waals surface area contributed by atoms with Crippen molar-refractivity contribution in [1.29, 1.82) is 0 Å². The van der Waals surface area contributed by atoms with E-state index in [1.807, 2.05) is 40.8 Å². The third-order valence-electron chi connectivity index (χ3n) is 5.59. The smallest absolute Gasteiger partial charge is 0.261 e. The Balaban J connectivity index is 1.30. The van der Waals surface area contributed by atoms with E-state index in [-0.39, 0.29) is 29.8 Å². The zero-order valence-corrected chi connectivity index (χ0v) is 17.7. The standard InChI is InChI=1S/C22H24N4O3S/c1-15-3-2-4-18-20(15)23-14-26(22(18)29)11-7-19(27)25-9-5-17(6-10-25)24-21(28)16-8-12-30-13-16/h2-4,8,12-14,17H,5-7,9-11H2,1H3,(H,24,28). The van der Waals surface area contributed by atoms with Crippen molar-refractivity contribution >= 4 is 34.1 Å². The summed E-state index contributed by atoms with van der Waals surface area (Å²) in [6.07, 6.45) is 3.25. The molecule has 1 aliphatic heterocycles. The number of carbonyl (C=O) groups excluding carboxylic acids is 2. The largest absolute Gasteiger partial charge is 0.349 e. The number of aromatic nitrogens is 2. The van der Waals surface area contributed by atoms with Gasteiger partial charge in [0.15, 0.2) is 0 Å². The van der Waals surface area contributed by atoms with E-state index in [1.165, 1.54) is 22.2 Å². The van der Waals surface area contributed by atoms with Crippen LogP contribution in [0.25, 0.3) is 10.9 Å². The Kier molecular flexibility index (Phi) is 5.94. The quantitative estimate of drug-likeness (QED) is 0.682. The van der Waals surface area contributed by atoms with E-state index < -0.39 is 0 Å². The lowest BCUT2D eigenvalue weighted by atomic mass is 10.0. The third-order valence-corrected chi connectivity index (χ3v) is 6.27. The number of carbonyl (C=O) groups is 2. The number of amides is 2. The van der Waals surface area contributed by atoms with Crippen LogP contribution in [0.2, 0.25) is 0 Å². The van der Waals surface area contributed by atoms with Crippen molar-refractivity contribution in [2.75, 3.05) is 13.1 Å². The second-order valence-electron chi connectivity index (χ2n) is 7.60. The van der Waals surface area contributed by atoms with Crippen molar-refractivity contribution in [1.82, 2.24) is 19.8 Å². The summed E-state index contributed by atoms with van der Waals surface area (Å²) in [5.41, 5.74) is 2.23. The van der Waals surface area contributed by atoms with Crippen molar-refractivity contribution < 1.29 is 9.59 Å². The van der Waals surface area contributed by atoms with Crippen LogP contribution in [-0.4, -0.2) is 45.4 Å². The molecule has 1 aromatic carbocycles. The molecule has 0 saturated carbocycles. The lowest BCUT2D eigenvalue weighted by molar-refractivity contribution is -0.132. The fourth-order valence-corrected chi connectivity index (χ4v) is 4.44. The van der Waals surface area contributed by atoms with Crippen LogP contribution in [0, 0.1) is 6.92 Å². The molecule has 1 N–H and O–H groups in total. The first-order valence-corrected chi connectivity index (χ1v) is 11.0. The summed E-state index contributed by atoms with van der Waals surface area (Å²) in [6.45, 7) is 3.45. The van der Waals surface area contributed by atoms with Gasteiger partial charge < -0.3 is 10.2 Å². The molecule has 0 atom stereocenters. The number of nitrogens with one attached hydrogen (secondary N) is 1. The van der Waals surface area contributed by atoms with Gasteiger partial charge in [0.2, 0.25) is 5.91 Å². The molecule has 1 fully saturated rings. The highest BCUT2D eigenvalue weighted by atomic mass is 32.1. The van der Waals surface area contributed by atoms with Crippen molar-refractivity contribution in [2.45, 2.75) is 38.8 Å². The molecule has 156 valence electrons. The first kappa shape index (κ1) is 20.3. The van der Waals surface area contributed by atoms with E-state index >= 15 is 0 Å². The lowest BCUT2D eigenvalue weighted by Crippen LogP contribution is -2.46. The Labute approximate surface area is 178 Å². The second-order valence-corrected chi connectivity index (χ2v) is 8.38. The van der Waals surface area contributed by atoms with Crippen molar-refractivity contribution in [2.24, 2.45) is 0 Å². The van der Waals surface area contributed by atoms with Crippen LogP contribution in [-0.2, 0) is 11.3 Å². The topological polar surface area (TPSA) is 84.3 Å². The summed E-state index contributed by atoms with van der Waals surface area (Å²) in [7, 11) is 0. The van der Waals surface area contributed by atoms with Gasteiger partial charge in [0, 0.05) is 43.0 Å². The highest BCUT2D eigenvalue weighted by Crippen LogP contribution is 2.14. The highest BCUT2D eigenvalue weighted by Gasteiger charge is 2.24. The molecule has 3 aromatic rings. The molecule has 0 bridgehead atoms. The molecule has 0 aliphatic carbocycles. The third kappa shape index (κ3) is 4.28. The van der Waals surface area contributed by atoms with Gasteiger partial charge in [0.25, 0.3) is 11.5 Å². The Morgan fingerprint density at radius 3 is 2.77 bits per heavy atom. The second kappa shape index (κ2) is 8.79. The molecule has 4 rings (SSSR count). The van der Waals surface area contributed by atoms with Gasteiger partial charge in [-0.25, -0.2) is 4.98 Å². The normalized spacial score (nSPS) is 14.8. The number of hydrogen-bond donors (Lipinski definition) is 1. The van der Waals surface area contributed by atoms with Crippen LogP contribution in [0.1, 0.15) is 35.2 Å². The molecule has 0 spiro atoms. The van der Waals surface area contributed by atoms with Crippen LogP contribution < -0.4 is 10.9 Å². The number of rotatable bonds is 5. The van der Waals surface area contributed by atoms with Gasteiger partial charge in [-0.2, -0.15) is 11.3 Å². The first-order valence-electron chi connectivity index (χ1n) is 10.1. The minimum Gasteiger partial charge on any atom is -0.349 e. The summed E-state index contributed by atoms with van der Waals surface area (Å²) in [5, 5.41) is 7.33. The van der Waals surface area contributed by atoms with Crippen LogP contribution in [0.3, 0.4) is 0 Å². The van der Waals surface area contributed by atoms with E-state index in [0.717, 1.165) is 18.4 Å². The first-order chi connectivity index (χ1) is 14.5. The van der Waals surface area contributed by atoms with Gasteiger partial charge >= 0.3 is 0 Å². The SMILES string of the molecule is Cc1cccc2c(=O)n(CCC(=O)N3CCC(NC(=O)c4ccsc4)CC3)cnc12. The Hall–Kier alpha value is -3.00. The van der Waals surface area contributed by atoms with Crippen LogP contribution in [0.15, 0.2) is 46.1 Å². The zero-order valence-electron chi connectivity index (χ0n) is 16.8. The van der Waals surface area contributed by atoms with Crippen LogP contribution in [0.4, 0.5) is 0 Å².